The van der Waals surface area contributed by atoms with Crippen LogP contribution in [0.15, 0.2) is 36.5 Å². The Morgan fingerprint density at radius 3 is 2.55 bits per heavy atom. The molecule has 3 amide bonds. The predicted octanol–water partition coefficient (Wildman–Crippen LogP) is 3.52. The lowest BCUT2D eigenvalue weighted by atomic mass is 10.2. The van der Waals surface area contributed by atoms with Gasteiger partial charge in [-0.15, -0.1) is 0 Å². The van der Waals surface area contributed by atoms with Crippen LogP contribution in [-0.2, 0) is 0 Å². The summed E-state index contributed by atoms with van der Waals surface area (Å²) in [5.74, 6) is 0.125. The summed E-state index contributed by atoms with van der Waals surface area (Å²) in [6.45, 7) is 5.07. The third-order valence-electron chi connectivity index (χ3n) is 4.51. The molecule has 0 atom stereocenters. The Balaban J connectivity index is 2.15. The molecule has 3 N–H and O–H groups in total. The van der Waals surface area contributed by atoms with Gasteiger partial charge in [-0.05, 0) is 49.4 Å². The van der Waals surface area contributed by atoms with E-state index in [2.05, 4.69) is 20.7 Å². The second kappa shape index (κ2) is 12.8. The van der Waals surface area contributed by atoms with E-state index in [1.165, 1.54) is 35.4 Å². The highest BCUT2D eigenvalue weighted by Gasteiger charge is 2.20. The number of hydrogen-bond acceptors (Lipinski definition) is 6. The lowest BCUT2D eigenvalue weighted by Gasteiger charge is -2.30. The van der Waals surface area contributed by atoms with Crippen LogP contribution in [0.4, 0.5) is 25.5 Å². The molecule has 176 valence electrons. The van der Waals surface area contributed by atoms with Crippen molar-refractivity contribution in [1.29, 1.82) is 5.26 Å². The average molecular weight is 458 g/mol. The monoisotopic (exact) mass is 457 g/mol. The van der Waals surface area contributed by atoms with Crippen molar-refractivity contribution in [2.75, 3.05) is 29.5 Å². The second-order valence-electron chi connectivity index (χ2n) is 7.69. The lowest BCUT2D eigenvalue weighted by molar-refractivity contribution is 0.194. The minimum absolute atomic E-state index is 0.0131. The van der Waals surface area contributed by atoms with E-state index in [1.54, 1.807) is 11.1 Å². The van der Waals surface area contributed by atoms with E-state index in [-0.39, 0.29) is 11.7 Å². The van der Waals surface area contributed by atoms with Gasteiger partial charge in [0.15, 0.2) is 5.82 Å². The van der Waals surface area contributed by atoms with Crippen LogP contribution in [0.1, 0.15) is 38.9 Å². The van der Waals surface area contributed by atoms with Crippen LogP contribution >= 0.6 is 0 Å². The zero-order chi connectivity index (χ0) is 24.2. The SMILES string of the molecule is CC(C)CN(NC(=O)N(CCCCCNC(=O)O)c1ccc(F)cc1)c1ccnc(C#N)n1. The van der Waals surface area contributed by atoms with Gasteiger partial charge in [0, 0.05) is 37.6 Å². The molecule has 1 aromatic carbocycles. The van der Waals surface area contributed by atoms with Gasteiger partial charge in [0.05, 0.1) is 0 Å². The van der Waals surface area contributed by atoms with Crippen molar-refractivity contribution >= 4 is 23.6 Å². The van der Waals surface area contributed by atoms with Crippen molar-refractivity contribution in [2.45, 2.75) is 33.1 Å². The fourth-order valence-corrected chi connectivity index (χ4v) is 3.03. The molecular formula is C22H28FN7O3. The number of carbonyl (C=O) groups excluding carboxylic acids is 1. The Labute approximate surface area is 192 Å². The molecule has 1 aromatic heterocycles. The van der Waals surface area contributed by atoms with Crippen LogP contribution in [0.3, 0.4) is 0 Å². The maximum absolute atomic E-state index is 13.4. The van der Waals surface area contributed by atoms with E-state index in [0.29, 0.717) is 50.4 Å². The summed E-state index contributed by atoms with van der Waals surface area (Å²) in [6.07, 6.45) is 2.31. The standard InChI is InChI=1S/C22H28FN7O3/c1-16(2)15-30(20-10-12-25-19(14-24)27-20)28-21(31)29(18-8-6-17(23)7-9-18)13-5-3-4-11-26-22(32)33/h6-10,12,16,26H,3-5,11,13,15H2,1-2H3,(H,28,31)(H,32,33). The summed E-state index contributed by atoms with van der Waals surface area (Å²) < 4.78 is 13.4. The average Bonchev–Trinajstić information content (AvgIpc) is 2.78. The van der Waals surface area contributed by atoms with Crippen molar-refractivity contribution < 1.29 is 19.1 Å². The minimum atomic E-state index is -1.07. The summed E-state index contributed by atoms with van der Waals surface area (Å²) in [7, 11) is 0. The van der Waals surface area contributed by atoms with Crippen LogP contribution in [0.2, 0.25) is 0 Å². The molecule has 2 rings (SSSR count). The van der Waals surface area contributed by atoms with Crippen LogP contribution in [0.25, 0.3) is 0 Å². The van der Waals surface area contributed by atoms with Crippen molar-refractivity contribution in [3.05, 3.63) is 48.2 Å². The second-order valence-corrected chi connectivity index (χ2v) is 7.69. The normalized spacial score (nSPS) is 10.4. The van der Waals surface area contributed by atoms with E-state index in [4.69, 9.17) is 10.4 Å². The van der Waals surface area contributed by atoms with Gasteiger partial charge in [0.1, 0.15) is 11.9 Å². The number of carbonyl (C=O) groups is 2. The van der Waals surface area contributed by atoms with Crippen molar-refractivity contribution in [3.8, 4) is 6.07 Å². The molecule has 1 heterocycles. The number of halogens is 1. The van der Waals surface area contributed by atoms with Gasteiger partial charge < -0.3 is 10.4 Å². The smallest absolute Gasteiger partial charge is 0.404 e. The minimum Gasteiger partial charge on any atom is -0.465 e. The van der Waals surface area contributed by atoms with E-state index in [1.807, 2.05) is 19.9 Å². The molecule has 0 unspecified atom stereocenters. The summed E-state index contributed by atoms with van der Waals surface area (Å²) in [6, 6.07) is 8.64. The number of hydrazine groups is 1. The number of carboxylic acid groups (broad SMARTS) is 1. The van der Waals surface area contributed by atoms with Crippen molar-refractivity contribution in [3.63, 3.8) is 0 Å². The Morgan fingerprint density at radius 1 is 1.18 bits per heavy atom. The Hall–Kier alpha value is -3.94. The Kier molecular flexibility index (Phi) is 9.82. The largest absolute Gasteiger partial charge is 0.465 e. The highest BCUT2D eigenvalue weighted by atomic mass is 19.1. The number of aromatic nitrogens is 2. The van der Waals surface area contributed by atoms with Crippen LogP contribution < -0.4 is 20.7 Å². The highest BCUT2D eigenvalue weighted by molar-refractivity contribution is 5.92. The molecule has 0 fully saturated rings. The zero-order valence-corrected chi connectivity index (χ0v) is 18.7. The Morgan fingerprint density at radius 2 is 1.91 bits per heavy atom. The molecule has 0 aliphatic heterocycles. The van der Waals surface area contributed by atoms with Gasteiger partial charge in [-0.2, -0.15) is 10.2 Å². The van der Waals surface area contributed by atoms with E-state index >= 15 is 0 Å². The molecule has 0 spiro atoms. The molecule has 2 aromatic rings. The third kappa shape index (κ3) is 8.60. The number of rotatable bonds is 11. The number of nitrogens with zero attached hydrogens (tertiary/aromatic N) is 5. The van der Waals surface area contributed by atoms with E-state index < -0.39 is 17.9 Å². The van der Waals surface area contributed by atoms with Crippen molar-refractivity contribution in [2.24, 2.45) is 5.92 Å². The lowest BCUT2D eigenvalue weighted by Crippen LogP contribution is -2.51. The summed E-state index contributed by atoms with van der Waals surface area (Å²) in [5, 5.41) is 21.6. The van der Waals surface area contributed by atoms with Gasteiger partial charge in [-0.1, -0.05) is 13.8 Å². The first-order chi connectivity index (χ1) is 15.8. The first-order valence-electron chi connectivity index (χ1n) is 10.6. The van der Waals surface area contributed by atoms with Crippen LogP contribution in [0, 0.1) is 23.1 Å². The van der Waals surface area contributed by atoms with Gasteiger partial charge in [-0.3, -0.25) is 9.91 Å². The molecule has 0 radical (unpaired) electrons. The van der Waals surface area contributed by atoms with Gasteiger partial charge in [0.2, 0.25) is 5.82 Å². The number of hydrogen-bond donors (Lipinski definition) is 3. The number of amides is 3. The van der Waals surface area contributed by atoms with E-state index in [0.717, 1.165) is 0 Å². The predicted molar refractivity (Wildman–Crippen MR) is 121 cm³/mol. The van der Waals surface area contributed by atoms with Gasteiger partial charge >= 0.3 is 12.1 Å². The molecule has 33 heavy (non-hydrogen) atoms. The van der Waals surface area contributed by atoms with Crippen molar-refractivity contribution in [1.82, 2.24) is 20.7 Å². The fraction of sp³-hybridized carbons (Fsp3) is 0.409. The number of unbranched alkanes of at least 4 members (excludes halogenated alkanes) is 2. The number of anilines is 2. The fourth-order valence-electron chi connectivity index (χ4n) is 3.03. The molecular weight excluding hydrogens is 429 g/mol. The molecule has 0 bridgehead atoms. The topological polar surface area (TPSA) is 134 Å². The van der Waals surface area contributed by atoms with Gasteiger partial charge in [0.25, 0.3) is 0 Å². The number of urea groups is 1. The molecule has 10 nitrogen and oxygen atoms in total. The summed E-state index contributed by atoms with van der Waals surface area (Å²) in [4.78, 5) is 33.3. The van der Waals surface area contributed by atoms with Gasteiger partial charge in [-0.25, -0.2) is 24.4 Å². The number of benzene rings is 1. The third-order valence-corrected chi connectivity index (χ3v) is 4.51. The molecule has 0 aliphatic carbocycles. The maximum atomic E-state index is 13.4. The van der Waals surface area contributed by atoms with E-state index in [9.17, 15) is 14.0 Å². The first-order valence-corrected chi connectivity index (χ1v) is 10.6. The molecule has 0 saturated carbocycles. The van der Waals surface area contributed by atoms with Crippen LogP contribution in [0.5, 0.6) is 0 Å². The highest BCUT2D eigenvalue weighted by Crippen LogP contribution is 2.18. The number of nitrogens with one attached hydrogen (secondary N) is 2. The maximum Gasteiger partial charge on any atom is 0.404 e. The molecule has 11 heteroatoms. The molecule has 0 aliphatic rings. The summed E-state index contributed by atoms with van der Waals surface area (Å²) >= 11 is 0. The summed E-state index contributed by atoms with van der Waals surface area (Å²) in [5.41, 5.74) is 3.35. The molecule has 0 saturated heterocycles. The zero-order valence-electron chi connectivity index (χ0n) is 18.7. The first kappa shape index (κ1) is 25.3. The quantitative estimate of drug-likeness (QED) is 0.347. The number of nitriles is 1. The van der Waals surface area contributed by atoms with Crippen LogP contribution in [-0.4, -0.2) is 46.8 Å². The Bertz CT molecular complexity index is 963.